The van der Waals surface area contributed by atoms with Crippen molar-refractivity contribution in [1.29, 1.82) is 0 Å². The molecule has 6 nitrogen and oxygen atoms in total. The fourth-order valence-electron chi connectivity index (χ4n) is 4.05. The number of fused-ring (bicyclic) bond motifs is 3. The average Bonchev–Trinajstić information content (AvgIpc) is 3.16. The van der Waals surface area contributed by atoms with Crippen LogP contribution in [-0.4, -0.2) is 28.6 Å². The minimum absolute atomic E-state index is 0.0302. The molecule has 0 aliphatic carbocycles. The predicted molar refractivity (Wildman–Crippen MR) is 128 cm³/mol. The Morgan fingerprint density at radius 1 is 1.09 bits per heavy atom. The van der Waals surface area contributed by atoms with Crippen molar-refractivity contribution in [3.63, 3.8) is 0 Å². The number of ether oxygens (including phenoxy) is 1. The van der Waals surface area contributed by atoms with E-state index in [9.17, 15) is 4.79 Å². The normalized spacial score (nSPS) is 13.1. The number of anilines is 2. The number of benzene rings is 3. The molecule has 7 heteroatoms. The van der Waals surface area contributed by atoms with Crippen molar-refractivity contribution in [3.05, 3.63) is 83.1 Å². The van der Waals surface area contributed by atoms with Gasteiger partial charge in [0, 0.05) is 29.5 Å². The second kappa shape index (κ2) is 8.55. The Labute approximate surface area is 191 Å². The Morgan fingerprint density at radius 3 is 2.75 bits per heavy atom. The number of nitrogens with one attached hydrogen (secondary N) is 1. The maximum absolute atomic E-state index is 12.3. The van der Waals surface area contributed by atoms with E-state index in [0.29, 0.717) is 10.8 Å². The molecular formula is C25H23ClN4O2. The van der Waals surface area contributed by atoms with Crippen LogP contribution in [0, 0.1) is 6.92 Å². The summed E-state index contributed by atoms with van der Waals surface area (Å²) in [6.45, 7) is 4.44. The molecule has 1 aromatic heterocycles. The number of imidazole rings is 1. The molecule has 162 valence electrons. The Morgan fingerprint density at radius 2 is 1.94 bits per heavy atom. The zero-order valence-electron chi connectivity index (χ0n) is 17.7. The van der Waals surface area contributed by atoms with Gasteiger partial charge in [0.2, 0.25) is 0 Å². The molecular weight excluding hydrogens is 424 g/mol. The van der Waals surface area contributed by atoms with Crippen LogP contribution in [0.25, 0.3) is 11.0 Å². The van der Waals surface area contributed by atoms with Crippen molar-refractivity contribution in [2.75, 3.05) is 23.4 Å². The summed E-state index contributed by atoms with van der Waals surface area (Å²) in [7, 11) is 0. The smallest absolute Gasteiger partial charge is 0.262 e. The topological polar surface area (TPSA) is 59.4 Å². The summed E-state index contributed by atoms with van der Waals surface area (Å²) < 4.78 is 7.79. The number of hydrogen-bond donors (Lipinski definition) is 1. The van der Waals surface area contributed by atoms with Gasteiger partial charge in [0.1, 0.15) is 11.6 Å². The van der Waals surface area contributed by atoms with Crippen molar-refractivity contribution in [1.82, 2.24) is 9.55 Å². The minimum Gasteiger partial charge on any atom is -0.484 e. The first-order chi connectivity index (χ1) is 15.6. The third kappa shape index (κ3) is 4.14. The molecule has 0 unspecified atom stereocenters. The van der Waals surface area contributed by atoms with Gasteiger partial charge in [-0.2, -0.15) is 0 Å². The number of aromatic nitrogens is 2. The Balaban J connectivity index is 1.26. The van der Waals surface area contributed by atoms with Crippen LogP contribution in [0.3, 0.4) is 0 Å². The second-order valence-electron chi connectivity index (χ2n) is 7.88. The highest BCUT2D eigenvalue weighted by molar-refractivity contribution is 6.31. The van der Waals surface area contributed by atoms with E-state index in [4.69, 9.17) is 21.3 Å². The van der Waals surface area contributed by atoms with Gasteiger partial charge in [0.25, 0.3) is 5.91 Å². The molecule has 5 rings (SSSR count). The van der Waals surface area contributed by atoms with Crippen molar-refractivity contribution < 1.29 is 9.53 Å². The third-order valence-corrected chi connectivity index (χ3v) is 5.91. The Kier molecular flexibility index (Phi) is 5.45. The molecule has 2 heterocycles. The van der Waals surface area contributed by atoms with E-state index >= 15 is 0 Å². The minimum atomic E-state index is -0.185. The van der Waals surface area contributed by atoms with E-state index in [1.807, 2.05) is 67.6 Å². The van der Waals surface area contributed by atoms with Gasteiger partial charge in [-0.25, -0.2) is 4.98 Å². The van der Waals surface area contributed by atoms with Crippen molar-refractivity contribution in [2.45, 2.75) is 20.0 Å². The third-order valence-electron chi connectivity index (χ3n) is 5.68. The fraction of sp³-hybridized carbons (Fsp3) is 0.200. The van der Waals surface area contributed by atoms with Gasteiger partial charge in [-0.3, -0.25) is 4.79 Å². The zero-order chi connectivity index (χ0) is 22.1. The summed E-state index contributed by atoms with van der Waals surface area (Å²) >= 11 is 6.13. The molecule has 0 fully saturated rings. The standard InChI is InChI=1S/C25H23ClN4O2/c1-17-13-19(8-9-21(17)28-25(31)16-32-20-5-3-2-4-6-20)29-11-12-30-23-10-7-18(26)14-22(23)27-24(30)15-29/h2-10,13-14H,11-12,15-16H2,1H3,(H,28,31). The maximum Gasteiger partial charge on any atom is 0.262 e. The number of carbonyl (C=O) groups excluding carboxylic acids is 1. The molecule has 1 N–H and O–H groups in total. The fourth-order valence-corrected chi connectivity index (χ4v) is 4.22. The van der Waals surface area contributed by atoms with Crippen LogP contribution in [-0.2, 0) is 17.9 Å². The quantitative estimate of drug-likeness (QED) is 0.466. The molecule has 3 aromatic carbocycles. The van der Waals surface area contributed by atoms with Crippen LogP contribution in [0.1, 0.15) is 11.4 Å². The van der Waals surface area contributed by atoms with Gasteiger partial charge in [-0.15, -0.1) is 0 Å². The Bertz CT molecular complexity index is 1290. The predicted octanol–water partition coefficient (Wildman–Crippen LogP) is 5.04. The van der Waals surface area contributed by atoms with E-state index in [2.05, 4.69) is 20.9 Å². The SMILES string of the molecule is Cc1cc(N2CCn3c(nc4cc(Cl)ccc43)C2)ccc1NC(=O)COc1ccccc1. The van der Waals surface area contributed by atoms with Crippen LogP contribution >= 0.6 is 11.6 Å². The van der Waals surface area contributed by atoms with Gasteiger partial charge in [-0.1, -0.05) is 29.8 Å². The lowest BCUT2D eigenvalue weighted by atomic mass is 10.1. The van der Waals surface area contributed by atoms with Gasteiger partial charge in [-0.05, 0) is 61.0 Å². The lowest BCUT2D eigenvalue weighted by Gasteiger charge is -2.30. The molecule has 32 heavy (non-hydrogen) atoms. The molecule has 0 atom stereocenters. The molecule has 0 saturated heterocycles. The van der Waals surface area contributed by atoms with E-state index in [0.717, 1.165) is 53.4 Å². The molecule has 1 amide bonds. The number of hydrogen-bond acceptors (Lipinski definition) is 4. The van der Waals surface area contributed by atoms with Gasteiger partial charge >= 0.3 is 0 Å². The van der Waals surface area contributed by atoms with E-state index < -0.39 is 0 Å². The van der Waals surface area contributed by atoms with Crippen molar-refractivity contribution in [3.8, 4) is 5.75 Å². The summed E-state index contributed by atoms with van der Waals surface area (Å²) in [6.07, 6.45) is 0. The van der Waals surface area contributed by atoms with Gasteiger partial charge in [0.15, 0.2) is 6.61 Å². The number of halogens is 1. The number of para-hydroxylation sites is 1. The van der Waals surface area contributed by atoms with Gasteiger partial charge < -0.3 is 19.5 Å². The summed E-state index contributed by atoms with van der Waals surface area (Å²) in [5.41, 5.74) is 4.95. The van der Waals surface area contributed by atoms with Gasteiger partial charge in [0.05, 0.1) is 17.6 Å². The molecule has 1 aliphatic heterocycles. The molecule has 0 spiro atoms. The van der Waals surface area contributed by atoms with Crippen LogP contribution in [0.15, 0.2) is 66.7 Å². The highest BCUT2D eigenvalue weighted by atomic mass is 35.5. The first kappa shape index (κ1) is 20.4. The van der Waals surface area contributed by atoms with Crippen molar-refractivity contribution in [2.24, 2.45) is 0 Å². The van der Waals surface area contributed by atoms with Crippen LogP contribution in [0.4, 0.5) is 11.4 Å². The molecule has 1 aliphatic rings. The van der Waals surface area contributed by atoms with Crippen molar-refractivity contribution >= 4 is 39.9 Å². The number of carbonyl (C=O) groups is 1. The largest absolute Gasteiger partial charge is 0.484 e. The lowest BCUT2D eigenvalue weighted by Crippen LogP contribution is -2.33. The Hall–Kier alpha value is -3.51. The number of amides is 1. The first-order valence-electron chi connectivity index (χ1n) is 10.5. The molecule has 4 aromatic rings. The highest BCUT2D eigenvalue weighted by Gasteiger charge is 2.21. The number of rotatable bonds is 5. The zero-order valence-corrected chi connectivity index (χ0v) is 18.5. The van der Waals surface area contributed by atoms with E-state index in [-0.39, 0.29) is 12.5 Å². The summed E-state index contributed by atoms with van der Waals surface area (Å²) in [6, 6.07) is 21.3. The second-order valence-corrected chi connectivity index (χ2v) is 8.32. The van der Waals surface area contributed by atoms with E-state index in [1.54, 1.807) is 0 Å². The lowest BCUT2D eigenvalue weighted by molar-refractivity contribution is -0.118. The monoisotopic (exact) mass is 446 g/mol. The summed E-state index contributed by atoms with van der Waals surface area (Å²) in [5, 5.41) is 3.64. The first-order valence-corrected chi connectivity index (χ1v) is 10.9. The average molecular weight is 447 g/mol. The summed E-state index contributed by atoms with van der Waals surface area (Å²) in [4.78, 5) is 19.4. The molecule has 0 saturated carbocycles. The molecule has 0 radical (unpaired) electrons. The number of nitrogens with zero attached hydrogens (tertiary/aromatic N) is 3. The van der Waals surface area contributed by atoms with Crippen LogP contribution < -0.4 is 15.0 Å². The number of aryl methyl sites for hydroxylation is 1. The van der Waals surface area contributed by atoms with Crippen LogP contribution in [0.5, 0.6) is 5.75 Å². The maximum atomic E-state index is 12.3. The molecule has 0 bridgehead atoms. The summed E-state index contributed by atoms with van der Waals surface area (Å²) in [5.74, 6) is 1.52. The van der Waals surface area contributed by atoms with E-state index in [1.165, 1.54) is 0 Å². The van der Waals surface area contributed by atoms with Crippen LogP contribution in [0.2, 0.25) is 5.02 Å². The highest BCUT2D eigenvalue weighted by Crippen LogP contribution is 2.28.